The number of urea groups is 1. The van der Waals surface area contributed by atoms with Gasteiger partial charge in [0.25, 0.3) is 0 Å². The summed E-state index contributed by atoms with van der Waals surface area (Å²) in [6.45, 7) is 4.75. The van der Waals surface area contributed by atoms with Gasteiger partial charge in [-0.05, 0) is 44.0 Å². The van der Waals surface area contributed by atoms with Crippen molar-refractivity contribution < 1.29 is 14.6 Å². The van der Waals surface area contributed by atoms with Gasteiger partial charge in [-0.2, -0.15) is 5.26 Å². The van der Waals surface area contributed by atoms with E-state index < -0.39 is 6.10 Å². The number of piperazine rings is 1. The monoisotopic (exact) mass is 358 g/mol. The van der Waals surface area contributed by atoms with Crippen LogP contribution in [0.3, 0.4) is 0 Å². The number of amides is 2. The lowest BCUT2D eigenvalue weighted by molar-refractivity contribution is 0.0201. The number of carbonyl (C=O) groups excluding carboxylic acids is 1. The second-order valence-corrected chi connectivity index (χ2v) is 6.92. The fourth-order valence-corrected chi connectivity index (χ4v) is 3.83. The fraction of sp³-hybridized carbons (Fsp3) is 0.579. The van der Waals surface area contributed by atoms with Crippen molar-refractivity contribution in [3.8, 4) is 11.8 Å². The first-order valence-electron chi connectivity index (χ1n) is 9.20. The smallest absolute Gasteiger partial charge is 0.317 e. The number of carbonyl (C=O) groups is 1. The van der Waals surface area contributed by atoms with Gasteiger partial charge in [-0.1, -0.05) is 0 Å². The van der Waals surface area contributed by atoms with E-state index in [-0.39, 0.29) is 12.6 Å². The lowest BCUT2D eigenvalue weighted by Crippen LogP contribution is -2.58. The second-order valence-electron chi connectivity index (χ2n) is 6.92. The van der Waals surface area contributed by atoms with Crippen molar-refractivity contribution in [1.82, 2.24) is 15.1 Å². The van der Waals surface area contributed by atoms with E-state index in [2.05, 4.69) is 16.3 Å². The summed E-state index contributed by atoms with van der Waals surface area (Å²) in [4.78, 5) is 16.3. The van der Waals surface area contributed by atoms with Crippen molar-refractivity contribution in [2.24, 2.45) is 0 Å². The SMILES string of the molecule is CCNC(=O)N1CC2CCC(C1)N2CC(O)COc1ccc(C#N)cc1. The zero-order valence-corrected chi connectivity index (χ0v) is 15.1. The number of benzene rings is 1. The van der Waals surface area contributed by atoms with Crippen LogP contribution in [0.1, 0.15) is 25.3 Å². The minimum absolute atomic E-state index is 0.00810. The van der Waals surface area contributed by atoms with Crippen molar-refractivity contribution in [2.45, 2.75) is 38.0 Å². The molecule has 3 atom stereocenters. The molecule has 2 N–H and O–H groups in total. The maximum absolute atomic E-state index is 12.1. The average Bonchev–Trinajstić information content (AvgIpc) is 2.88. The zero-order chi connectivity index (χ0) is 18.5. The van der Waals surface area contributed by atoms with Gasteiger partial charge < -0.3 is 20.1 Å². The molecule has 7 heteroatoms. The van der Waals surface area contributed by atoms with Crippen molar-refractivity contribution in [1.29, 1.82) is 5.26 Å². The Morgan fingerprint density at radius 1 is 1.35 bits per heavy atom. The standard InChI is InChI=1S/C19H26N4O3/c1-2-21-19(25)22-10-15-5-6-16(11-22)23(15)12-17(24)13-26-18-7-3-14(9-20)4-8-18/h3-4,7-8,15-17,24H,2,5-6,10-13H2,1H3,(H,21,25). The molecular weight excluding hydrogens is 332 g/mol. The highest BCUT2D eigenvalue weighted by Gasteiger charge is 2.41. The van der Waals surface area contributed by atoms with Gasteiger partial charge in [-0.3, -0.25) is 4.90 Å². The summed E-state index contributed by atoms with van der Waals surface area (Å²) >= 11 is 0. The lowest BCUT2D eigenvalue weighted by atomic mass is 10.1. The molecule has 2 bridgehead atoms. The highest BCUT2D eigenvalue weighted by molar-refractivity contribution is 5.74. The Labute approximate surface area is 154 Å². The predicted octanol–water partition coefficient (Wildman–Crippen LogP) is 1.18. The van der Waals surface area contributed by atoms with Gasteiger partial charge in [0.05, 0.1) is 11.6 Å². The summed E-state index contributed by atoms with van der Waals surface area (Å²) in [6.07, 6.45) is 1.53. The molecule has 140 valence electrons. The molecule has 2 fully saturated rings. The number of aliphatic hydroxyl groups excluding tert-OH is 1. The molecule has 1 aromatic carbocycles. The Morgan fingerprint density at radius 3 is 2.58 bits per heavy atom. The third-order valence-corrected chi connectivity index (χ3v) is 5.10. The highest BCUT2D eigenvalue weighted by atomic mass is 16.5. The van der Waals surface area contributed by atoms with Crippen LogP contribution in [-0.4, -0.2) is 71.9 Å². The van der Waals surface area contributed by atoms with Crippen LogP contribution in [0.5, 0.6) is 5.75 Å². The Morgan fingerprint density at radius 2 is 2.00 bits per heavy atom. The van der Waals surface area contributed by atoms with E-state index in [0.717, 1.165) is 12.8 Å². The van der Waals surface area contributed by atoms with E-state index in [9.17, 15) is 9.90 Å². The van der Waals surface area contributed by atoms with E-state index in [1.165, 1.54) is 0 Å². The maximum Gasteiger partial charge on any atom is 0.317 e. The first-order chi connectivity index (χ1) is 12.6. The van der Waals surface area contributed by atoms with Crippen LogP contribution >= 0.6 is 0 Å². The number of nitrogens with one attached hydrogen (secondary N) is 1. The Balaban J connectivity index is 1.48. The molecule has 3 rings (SSSR count). The second kappa shape index (κ2) is 8.39. The zero-order valence-electron chi connectivity index (χ0n) is 15.1. The van der Waals surface area contributed by atoms with E-state index in [1.54, 1.807) is 24.3 Å². The third kappa shape index (κ3) is 4.26. The van der Waals surface area contributed by atoms with E-state index in [4.69, 9.17) is 10.00 Å². The molecule has 2 saturated heterocycles. The molecule has 0 aliphatic carbocycles. The summed E-state index contributed by atoms with van der Waals surface area (Å²) in [5.41, 5.74) is 0.583. The van der Waals surface area contributed by atoms with Crippen LogP contribution in [-0.2, 0) is 0 Å². The first-order valence-corrected chi connectivity index (χ1v) is 9.20. The lowest BCUT2D eigenvalue weighted by Gasteiger charge is -2.41. The van der Waals surface area contributed by atoms with Gasteiger partial charge in [0.15, 0.2) is 0 Å². The van der Waals surface area contributed by atoms with Crippen LogP contribution in [0.15, 0.2) is 24.3 Å². The normalized spacial score (nSPS) is 23.3. The minimum Gasteiger partial charge on any atom is -0.491 e. The average molecular weight is 358 g/mol. The molecule has 0 saturated carbocycles. The number of likely N-dealkylation sites (tertiary alicyclic amines) is 1. The van der Waals surface area contributed by atoms with Crippen molar-refractivity contribution >= 4 is 6.03 Å². The van der Waals surface area contributed by atoms with Gasteiger partial charge >= 0.3 is 6.03 Å². The predicted molar refractivity (Wildman–Crippen MR) is 96.8 cm³/mol. The number of hydrogen-bond acceptors (Lipinski definition) is 5. The summed E-state index contributed by atoms with van der Waals surface area (Å²) in [6, 6.07) is 9.55. The molecule has 3 unspecified atom stereocenters. The Hall–Kier alpha value is -2.30. The van der Waals surface area contributed by atoms with Gasteiger partial charge in [0, 0.05) is 38.3 Å². The molecule has 2 amide bonds. The molecule has 0 spiro atoms. The molecule has 7 nitrogen and oxygen atoms in total. The summed E-state index contributed by atoms with van der Waals surface area (Å²) in [7, 11) is 0. The van der Waals surface area contributed by atoms with Crippen molar-refractivity contribution in [3.63, 3.8) is 0 Å². The van der Waals surface area contributed by atoms with Crippen LogP contribution in [0.4, 0.5) is 4.79 Å². The van der Waals surface area contributed by atoms with Crippen LogP contribution < -0.4 is 10.1 Å². The highest BCUT2D eigenvalue weighted by Crippen LogP contribution is 2.30. The summed E-state index contributed by atoms with van der Waals surface area (Å²) in [5.74, 6) is 0.645. The first kappa shape index (κ1) is 18.5. The van der Waals surface area contributed by atoms with Crippen LogP contribution in [0, 0.1) is 11.3 Å². The number of rotatable bonds is 6. The molecule has 26 heavy (non-hydrogen) atoms. The number of hydrogen-bond donors (Lipinski definition) is 2. The quantitative estimate of drug-likeness (QED) is 0.797. The summed E-state index contributed by atoms with van der Waals surface area (Å²) in [5, 5.41) is 22.0. The summed E-state index contributed by atoms with van der Waals surface area (Å²) < 4.78 is 5.63. The number of nitrogens with zero attached hydrogens (tertiary/aromatic N) is 3. The fourth-order valence-electron chi connectivity index (χ4n) is 3.83. The largest absolute Gasteiger partial charge is 0.491 e. The molecule has 2 heterocycles. The van der Waals surface area contributed by atoms with Gasteiger partial charge in [0.2, 0.25) is 0 Å². The Bertz CT molecular complexity index is 644. The molecule has 1 aromatic rings. The van der Waals surface area contributed by atoms with E-state index in [1.807, 2.05) is 11.8 Å². The minimum atomic E-state index is -0.593. The van der Waals surface area contributed by atoms with Crippen LogP contribution in [0.2, 0.25) is 0 Å². The van der Waals surface area contributed by atoms with Gasteiger partial charge in [-0.25, -0.2) is 4.79 Å². The van der Waals surface area contributed by atoms with Gasteiger partial charge in [-0.15, -0.1) is 0 Å². The molecule has 0 radical (unpaired) electrons. The van der Waals surface area contributed by atoms with Crippen LogP contribution in [0.25, 0.3) is 0 Å². The van der Waals surface area contributed by atoms with E-state index in [0.29, 0.717) is 49.6 Å². The van der Waals surface area contributed by atoms with E-state index >= 15 is 0 Å². The topological polar surface area (TPSA) is 88.8 Å². The number of nitriles is 1. The third-order valence-electron chi connectivity index (χ3n) is 5.10. The molecular formula is C19H26N4O3. The van der Waals surface area contributed by atoms with Gasteiger partial charge in [0.1, 0.15) is 18.5 Å². The number of aliphatic hydroxyl groups is 1. The molecule has 2 aliphatic rings. The molecule has 2 aliphatic heterocycles. The van der Waals surface area contributed by atoms with Crippen molar-refractivity contribution in [2.75, 3.05) is 32.8 Å². The Kier molecular flexibility index (Phi) is 5.96. The maximum atomic E-state index is 12.1. The number of ether oxygens (including phenoxy) is 1. The van der Waals surface area contributed by atoms with Crippen molar-refractivity contribution in [3.05, 3.63) is 29.8 Å². The molecule has 0 aromatic heterocycles. The number of fused-ring (bicyclic) bond motifs is 2.